The third-order valence-corrected chi connectivity index (χ3v) is 5.23. The second kappa shape index (κ2) is 10.5. The van der Waals surface area contributed by atoms with Gasteiger partial charge in [-0.25, -0.2) is 5.43 Å². The van der Waals surface area contributed by atoms with Gasteiger partial charge in [0.2, 0.25) is 5.91 Å². The van der Waals surface area contributed by atoms with Crippen molar-refractivity contribution in [3.05, 3.63) is 53.6 Å². The van der Waals surface area contributed by atoms with Crippen LogP contribution in [0.2, 0.25) is 0 Å². The highest BCUT2D eigenvalue weighted by Crippen LogP contribution is 2.25. The minimum Gasteiger partial charge on any atom is -0.497 e. The molecule has 2 aromatic carbocycles. The lowest BCUT2D eigenvalue weighted by molar-refractivity contribution is -0.126. The van der Waals surface area contributed by atoms with Crippen molar-refractivity contribution in [1.82, 2.24) is 10.3 Å². The summed E-state index contributed by atoms with van der Waals surface area (Å²) in [4.78, 5) is 27.1. The smallest absolute Gasteiger partial charge is 0.254 e. The number of methoxy groups -OCH3 is 3. The normalized spacial score (nSPS) is 14.4. The number of carbonyl (C=O) groups is 2. The van der Waals surface area contributed by atoms with Gasteiger partial charge >= 0.3 is 0 Å². The fourth-order valence-corrected chi connectivity index (χ4v) is 3.44. The van der Waals surface area contributed by atoms with Crippen molar-refractivity contribution < 1.29 is 23.8 Å². The van der Waals surface area contributed by atoms with E-state index in [0.29, 0.717) is 43.0 Å². The maximum Gasteiger partial charge on any atom is 0.254 e. The number of hydrogen-bond acceptors (Lipinski definition) is 6. The highest BCUT2D eigenvalue weighted by molar-refractivity contribution is 5.95. The topological polar surface area (TPSA) is 89.5 Å². The molecule has 2 amide bonds. The first-order valence-electron chi connectivity index (χ1n) is 10.0. The van der Waals surface area contributed by atoms with Gasteiger partial charge in [-0.05, 0) is 42.7 Å². The molecule has 1 heterocycles. The molecule has 164 valence electrons. The fraction of sp³-hybridized carbons (Fsp3) is 0.348. The molecule has 3 rings (SSSR count). The molecule has 0 unspecified atom stereocenters. The second-order valence-electron chi connectivity index (χ2n) is 7.18. The highest BCUT2D eigenvalue weighted by Gasteiger charge is 2.28. The summed E-state index contributed by atoms with van der Waals surface area (Å²) in [6.07, 6.45) is 2.73. The summed E-state index contributed by atoms with van der Waals surface area (Å²) in [5.41, 5.74) is 3.93. The van der Waals surface area contributed by atoms with Crippen molar-refractivity contribution in [3.63, 3.8) is 0 Å². The maximum absolute atomic E-state index is 12.9. The summed E-state index contributed by atoms with van der Waals surface area (Å²) in [5.74, 6) is 1.41. The molecule has 0 radical (unpaired) electrons. The summed E-state index contributed by atoms with van der Waals surface area (Å²) >= 11 is 0. The Bertz CT molecular complexity index is 930. The van der Waals surface area contributed by atoms with Crippen LogP contribution in [-0.2, 0) is 4.79 Å². The number of carbonyl (C=O) groups excluding carboxylic acids is 2. The van der Waals surface area contributed by atoms with Crippen molar-refractivity contribution in [2.45, 2.75) is 12.8 Å². The van der Waals surface area contributed by atoms with Crippen molar-refractivity contribution in [1.29, 1.82) is 0 Å². The first-order valence-corrected chi connectivity index (χ1v) is 10.0. The molecular formula is C23H27N3O5. The third-order valence-electron chi connectivity index (χ3n) is 5.23. The SMILES string of the molecule is COc1cccc(C=NNC(=O)C2CCN(C(=O)c3cc(OC)cc(OC)c3)CC2)c1. The molecular weight excluding hydrogens is 398 g/mol. The van der Waals surface area contributed by atoms with Gasteiger partial charge in [-0.3, -0.25) is 9.59 Å². The minimum atomic E-state index is -0.189. The molecule has 1 aliphatic heterocycles. The molecule has 8 nitrogen and oxygen atoms in total. The van der Waals surface area contributed by atoms with E-state index < -0.39 is 0 Å². The number of rotatable bonds is 7. The van der Waals surface area contributed by atoms with Gasteiger partial charge in [-0.1, -0.05) is 12.1 Å². The van der Waals surface area contributed by atoms with Crippen molar-refractivity contribution in [2.24, 2.45) is 11.0 Å². The van der Waals surface area contributed by atoms with Crippen LogP contribution in [0.25, 0.3) is 0 Å². The van der Waals surface area contributed by atoms with Gasteiger partial charge in [0.1, 0.15) is 17.2 Å². The molecule has 0 spiro atoms. The van der Waals surface area contributed by atoms with E-state index in [2.05, 4.69) is 10.5 Å². The lowest BCUT2D eigenvalue weighted by atomic mass is 9.95. The zero-order chi connectivity index (χ0) is 22.2. The van der Waals surface area contributed by atoms with Crippen LogP contribution in [0.15, 0.2) is 47.6 Å². The van der Waals surface area contributed by atoms with E-state index in [9.17, 15) is 9.59 Å². The third kappa shape index (κ3) is 5.75. The monoisotopic (exact) mass is 425 g/mol. The van der Waals surface area contributed by atoms with E-state index in [1.54, 1.807) is 50.6 Å². The highest BCUT2D eigenvalue weighted by atomic mass is 16.5. The van der Waals surface area contributed by atoms with Crippen LogP contribution in [0, 0.1) is 5.92 Å². The van der Waals surface area contributed by atoms with Crippen LogP contribution in [0.1, 0.15) is 28.8 Å². The predicted octanol–water partition coefficient (Wildman–Crippen LogP) is 2.71. The Morgan fingerprint density at radius 2 is 1.61 bits per heavy atom. The maximum atomic E-state index is 12.9. The molecule has 0 aliphatic carbocycles. The quantitative estimate of drug-likeness (QED) is 0.544. The number of amides is 2. The number of likely N-dealkylation sites (tertiary alicyclic amines) is 1. The van der Waals surface area contributed by atoms with E-state index in [1.807, 2.05) is 24.3 Å². The summed E-state index contributed by atoms with van der Waals surface area (Å²) < 4.78 is 15.7. The van der Waals surface area contributed by atoms with Gasteiger partial charge in [0, 0.05) is 30.6 Å². The molecule has 1 saturated heterocycles. The van der Waals surface area contributed by atoms with E-state index in [4.69, 9.17) is 14.2 Å². The van der Waals surface area contributed by atoms with Crippen LogP contribution in [0.3, 0.4) is 0 Å². The van der Waals surface area contributed by atoms with Crippen LogP contribution >= 0.6 is 0 Å². The lowest BCUT2D eigenvalue weighted by Gasteiger charge is -2.31. The first-order chi connectivity index (χ1) is 15.0. The van der Waals surface area contributed by atoms with E-state index >= 15 is 0 Å². The minimum absolute atomic E-state index is 0.105. The Kier molecular flexibility index (Phi) is 7.48. The van der Waals surface area contributed by atoms with Crippen molar-refractivity contribution >= 4 is 18.0 Å². The van der Waals surface area contributed by atoms with E-state index in [0.717, 1.165) is 11.3 Å². The van der Waals surface area contributed by atoms with Crippen LogP contribution in [-0.4, -0.2) is 57.3 Å². The largest absolute Gasteiger partial charge is 0.497 e. The molecule has 0 saturated carbocycles. The fourth-order valence-electron chi connectivity index (χ4n) is 3.44. The van der Waals surface area contributed by atoms with Gasteiger partial charge in [0.05, 0.1) is 27.5 Å². The number of nitrogens with one attached hydrogen (secondary N) is 1. The molecule has 8 heteroatoms. The summed E-state index contributed by atoms with van der Waals surface area (Å²) in [6.45, 7) is 0.992. The Morgan fingerprint density at radius 1 is 0.968 bits per heavy atom. The van der Waals surface area contributed by atoms with Gasteiger partial charge < -0.3 is 19.1 Å². The number of hydrazone groups is 1. The first kappa shape index (κ1) is 22.1. The second-order valence-corrected chi connectivity index (χ2v) is 7.18. The van der Waals surface area contributed by atoms with E-state index in [-0.39, 0.29) is 17.7 Å². The summed E-state index contributed by atoms with van der Waals surface area (Å²) in [5, 5.41) is 4.04. The zero-order valence-corrected chi connectivity index (χ0v) is 18.0. The average Bonchev–Trinajstić information content (AvgIpc) is 2.83. The predicted molar refractivity (Wildman–Crippen MR) is 117 cm³/mol. The van der Waals surface area contributed by atoms with Gasteiger partial charge in [-0.15, -0.1) is 0 Å². The average molecular weight is 425 g/mol. The molecule has 0 atom stereocenters. The van der Waals surface area contributed by atoms with Crippen LogP contribution < -0.4 is 19.6 Å². The molecule has 31 heavy (non-hydrogen) atoms. The molecule has 0 bridgehead atoms. The number of benzene rings is 2. The number of ether oxygens (including phenoxy) is 3. The number of hydrogen-bond donors (Lipinski definition) is 1. The Morgan fingerprint density at radius 3 is 2.23 bits per heavy atom. The summed E-state index contributed by atoms with van der Waals surface area (Å²) in [7, 11) is 4.69. The van der Waals surface area contributed by atoms with Gasteiger partial charge in [0.25, 0.3) is 5.91 Å². The van der Waals surface area contributed by atoms with Gasteiger partial charge in [0.15, 0.2) is 0 Å². The van der Waals surface area contributed by atoms with Gasteiger partial charge in [-0.2, -0.15) is 5.10 Å². The zero-order valence-electron chi connectivity index (χ0n) is 18.0. The van der Waals surface area contributed by atoms with Crippen LogP contribution in [0.4, 0.5) is 0 Å². The Balaban J connectivity index is 1.53. The standard InChI is InChI=1S/C23H27N3O5/c1-29-19-6-4-5-16(11-19)15-24-25-22(27)17-7-9-26(10-8-17)23(28)18-12-20(30-2)14-21(13-18)31-3/h4-6,11-15,17H,7-10H2,1-3H3,(H,25,27). The molecule has 1 aliphatic rings. The molecule has 0 aromatic heterocycles. The Hall–Kier alpha value is -3.55. The Labute approximate surface area is 181 Å². The summed E-state index contributed by atoms with van der Waals surface area (Å²) in [6, 6.07) is 12.5. The van der Waals surface area contributed by atoms with E-state index in [1.165, 1.54) is 0 Å². The molecule has 2 aromatic rings. The lowest BCUT2D eigenvalue weighted by Crippen LogP contribution is -2.42. The van der Waals surface area contributed by atoms with Crippen LogP contribution in [0.5, 0.6) is 17.2 Å². The molecule has 1 fully saturated rings. The number of piperidine rings is 1. The molecule has 1 N–H and O–H groups in total. The van der Waals surface area contributed by atoms with Crippen molar-refractivity contribution in [2.75, 3.05) is 34.4 Å². The number of nitrogens with zero attached hydrogens (tertiary/aromatic N) is 2. The van der Waals surface area contributed by atoms with Crippen molar-refractivity contribution in [3.8, 4) is 17.2 Å².